The number of carbonyl (C=O) groups excluding carboxylic acids is 1. The van der Waals surface area contributed by atoms with Crippen molar-refractivity contribution in [3.8, 4) is 17.0 Å². The summed E-state index contributed by atoms with van der Waals surface area (Å²) in [6.07, 6.45) is 3.39. The zero-order chi connectivity index (χ0) is 18.8. The molecule has 0 saturated carbocycles. The number of carboxylic acid groups (broad SMARTS) is 1. The lowest BCUT2D eigenvalue weighted by atomic mass is 9.97. The van der Waals surface area contributed by atoms with Crippen molar-refractivity contribution in [3.63, 3.8) is 0 Å². The maximum atomic E-state index is 11.1. The van der Waals surface area contributed by atoms with E-state index in [-0.39, 0.29) is 5.92 Å². The zero-order valence-corrected chi connectivity index (χ0v) is 15.4. The van der Waals surface area contributed by atoms with E-state index in [1.807, 2.05) is 48.7 Å². The molecule has 27 heavy (non-hydrogen) atoms. The summed E-state index contributed by atoms with van der Waals surface area (Å²) in [5.41, 5.74) is 4.09. The van der Waals surface area contributed by atoms with Crippen molar-refractivity contribution >= 4 is 11.6 Å². The molecular weight excluding hydrogens is 342 g/mol. The number of piperidine rings is 1. The van der Waals surface area contributed by atoms with Crippen molar-refractivity contribution in [1.29, 1.82) is 0 Å². The number of carbonyl (C=O) groups is 1. The molecule has 2 aromatic heterocycles. The Kier molecular flexibility index (Phi) is 4.81. The summed E-state index contributed by atoms with van der Waals surface area (Å²) >= 11 is 0. The van der Waals surface area contributed by atoms with Gasteiger partial charge in [-0.2, -0.15) is 0 Å². The van der Waals surface area contributed by atoms with E-state index in [0.717, 1.165) is 48.0 Å². The standard InChI is InChI=1S/C21H23N3O3/c1-27-17-7-5-15(6-8-17)20-18(24-11-3-2-4-19(24)22-20)14-23-12-9-16(10-13-23)21(25)26/h2-8,11,16H,9-10,12-14H2,1H3,(H,25,26). The third kappa shape index (κ3) is 3.53. The molecule has 0 amide bonds. The van der Waals surface area contributed by atoms with Crippen LogP contribution in [-0.2, 0) is 11.3 Å². The first-order valence-corrected chi connectivity index (χ1v) is 9.30. The summed E-state index contributed by atoms with van der Waals surface area (Å²) in [6.45, 7) is 2.48. The van der Waals surface area contributed by atoms with Gasteiger partial charge in [0.15, 0.2) is 0 Å². The minimum Gasteiger partial charge on any atom is -0.550 e. The topological polar surface area (TPSA) is 71.1 Å². The largest absolute Gasteiger partial charge is 0.550 e. The van der Waals surface area contributed by atoms with Crippen molar-refractivity contribution in [3.05, 3.63) is 54.4 Å². The summed E-state index contributed by atoms with van der Waals surface area (Å²) in [5, 5.41) is 11.1. The third-order valence-corrected chi connectivity index (χ3v) is 5.44. The Hall–Kier alpha value is -2.86. The van der Waals surface area contributed by atoms with Gasteiger partial charge in [-0.05, 0) is 36.4 Å². The number of pyridine rings is 1. The minimum atomic E-state index is -0.914. The van der Waals surface area contributed by atoms with Crippen LogP contribution in [0.2, 0.25) is 0 Å². The van der Waals surface area contributed by atoms with Crippen LogP contribution in [0, 0.1) is 5.92 Å². The van der Waals surface area contributed by atoms with Crippen LogP contribution in [0.5, 0.6) is 5.75 Å². The van der Waals surface area contributed by atoms with E-state index < -0.39 is 5.97 Å². The number of aliphatic carboxylic acids is 1. The van der Waals surface area contributed by atoms with Crippen molar-refractivity contribution in [1.82, 2.24) is 9.38 Å². The van der Waals surface area contributed by atoms with E-state index >= 15 is 0 Å². The summed E-state index contributed by atoms with van der Waals surface area (Å²) in [6, 6.07) is 14.0. The van der Waals surface area contributed by atoms with Gasteiger partial charge in [-0.3, -0.25) is 4.40 Å². The van der Waals surface area contributed by atoms with E-state index in [1.54, 1.807) is 7.11 Å². The summed E-state index contributed by atoms with van der Waals surface area (Å²) in [4.78, 5) is 17.3. The number of fused-ring (bicyclic) bond motifs is 1. The molecule has 0 spiro atoms. The van der Waals surface area contributed by atoms with E-state index in [4.69, 9.17) is 9.72 Å². The minimum absolute atomic E-state index is 0.308. The Morgan fingerprint density at radius 3 is 2.63 bits per heavy atom. The number of benzene rings is 1. The van der Waals surface area contributed by atoms with Crippen molar-refractivity contribution < 1.29 is 19.5 Å². The number of carboxylic acids is 1. The highest BCUT2D eigenvalue weighted by molar-refractivity contribution is 5.68. The Morgan fingerprint density at radius 1 is 1.22 bits per heavy atom. The molecule has 1 saturated heterocycles. The highest BCUT2D eigenvalue weighted by Crippen LogP contribution is 2.26. The molecule has 0 bridgehead atoms. The van der Waals surface area contributed by atoms with Crippen LogP contribution >= 0.6 is 0 Å². The molecule has 6 nitrogen and oxygen atoms in total. The summed E-state index contributed by atoms with van der Waals surface area (Å²) in [5.74, 6) is -0.404. The van der Waals surface area contributed by atoms with Crippen LogP contribution in [-0.4, -0.2) is 35.6 Å². The quantitative estimate of drug-likeness (QED) is 0.717. The number of quaternary nitrogens is 1. The number of hydrogen-bond donors (Lipinski definition) is 1. The van der Waals surface area contributed by atoms with Gasteiger partial charge < -0.3 is 19.5 Å². The Morgan fingerprint density at radius 2 is 1.96 bits per heavy atom. The summed E-state index contributed by atoms with van der Waals surface area (Å²) in [7, 11) is 1.66. The Labute approximate surface area is 158 Å². The molecule has 1 aliphatic rings. The maximum Gasteiger partial charge on any atom is 0.137 e. The van der Waals surface area contributed by atoms with Gasteiger partial charge in [-0.1, -0.05) is 6.07 Å². The number of nitrogens with one attached hydrogen (secondary N) is 1. The zero-order valence-electron chi connectivity index (χ0n) is 15.4. The fourth-order valence-electron chi connectivity index (χ4n) is 3.87. The predicted octanol–water partition coefficient (Wildman–Crippen LogP) is 0.555. The SMILES string of the molecule is COc1ccc(-c2nc3ccccn3c2C[NH+]2CCC(C(=O)[O-])CC2)cc1. The molecule has 1 N–H and O–H groups in total. The van der Waals surface area contributed by atoms with Crippen LogP contribution in [0.1, 0.15) is 18.5 Å². The fourth-order valence-corrected chi connectivity index (χ4v) is 3.87. The van der Waals surface area contributed by atoms with Crippen LogP contribution in [0.15, 0.2) is 48.7 Å². The second kappa shape index (κ2) is 7.40. The summed E-state index contributed by atoms with van der Waals surface area (Å²) < 4.78 is 7.40. The van der Waals surface area contributed by atoms with Gasteiger partial charge in [0.1, 0.15) is 23.6 Å². The fraction of sp³-hybridized carbons (Fsp3) is 0.333. The first-order valence-electron chi connectivity index (χ1n) is 9.30. The van der Waals surface area contributed by atoms with E-state index in [0.29, 0.717) is 12.8 Å². The second-order valence-corrected chi connectivity index (χ2v) is 7.08. The second-order valence-electron chi connectivity index (χ2n) is 7.08. The molecule has 0 radical (unpaired) electrons. The molecule has 6 heteroatoms. The van der Waals surface area contributed by atoms with Gasteiger partial charge in [0.05, 0.1) is 25.9 Å². The van der Waals surface area contributed by atoms with Crippen LogP contribution in [0.4, 0.5) is 0 Å². The molecule has 4 rings (SSSR count). The molecule has 1 fully saturated rings. The number of likely N-dealkylation sites (tertiary alicyclic amines) is 1. The maximum absolute atomic E-state index is 11.1. The number of methoxy groups -OCH3 is 1. The lowest BCUT2D eigenvalue weighted by molar-refractivity contribution is -0.919. The molecule has 3 aromatic rings. The number of hydrogen-bond acceptors (Lipinski definition) is 4. The van der Waals surface area contributed by atoms with Crippen LogP contribution in [0.25, 0.3) is 16.9 Å². The molecule has 0 aliphatic carbocycles. The van der Waals surface area contributed by atoms with E-state index in [9.17, 15) is 9.90 Å². The monoisotopic (exact) mass is 365 g/mol. The number of rotatable bonds is 5. The number of ether oxygens (including phenoxy) is 1. The number of nitrogens with zero attached hydrogens (tertiary/aromatic N) is 2. The average Bonchev–Trinajstić information content (AvgIpc) is 3.07. The lowest BCUT2D eigenvalue weighted by Crippen LogP contribution is -3.12. The molecule has 140 valence electrons. The Balaban J connectivity index is 1.65. The molecule has 1 aromatic carbocycles. The van der Waals surface area contributed by atoms with Gasteiger partial charge in [-0.25, -0.2) is 4.98 Å². The smallest absolute Gasteiger partial charge is 0.137 e. The molecule has 0 atom stereocenters. The highest BCUT2D eigenvalue weighted by atomic mass is 16.5. The first-order chi connectivity index (χ1) is 13.2. The normalized spacial score (nSPS) is 19.9. The van der Waals surface area contributed by atoms with Gasteiger partial charge in [-0.15, -0.1) is 0 Å². The molecule has 0 unspecified atom stereocenters. The predicted molar refractivity (Wildman–Crippen MR) is 99.3 cm³/mol. The third-order valence-electron chi connectivity index (χ3n) is 5.44. The highest BCUT2D eigenvalue weighted by Gasteiger charge is 2.25. The van der Waals surface area contributed by atoms with Gasteiger partial charge in [0, 0.05) is 36.5 Å². The van der Waals surface area contributed by atoms with Crippen LogP contribution in [0.3, 0.4) is 0 Å². The first kappa shape index (κ1) is 17.5. The van der Waals surface area contributed by atoms with Crippen molar-refractivity contribution in [2.24, 2.45) is 5.92 Å². The van der Waals surface area contributed by atoms with E-state index in [1.165, 1.54) is 4.90 Å². The molecular formula is C21H23N3O3. The van der Waals surface area contributed by atoms with Gasteiger partial charge in [0.25, 0.3) is 0 Å². The number of imidazole rings is 1. The number of aromatic nitrogens is 2. The molecule has 3 heterocycles. The lowest BCUT2D eigenvalue weighted by Gasteiger charge is -2.29. The van der Waals surface area contributed by atoms with Gasteiger partial charge in [0.2, 0.25) is 0 Å². The van der Waals surface area contributed by atoms with Crippen molar-refractivity contribution in [2.75, 3.05) is 20.2 Å². The van der Waals surface area contributed by atoms with Crippen molar-refractivity contribution in [2.45, 2.75) is 19.4 Å². The Bertz CT molecular complexity index is 941. The van der Waals surface area contributed by atoms with Gasteiger partial charge >= 0.3 is 0 Å². The average molecular weight is 365 g/mol. The molecule has 1 aliphatic heterocycles. The van der Waals surface area contributed by atoms with E-state index in [2.05, 4.69) is 4.40 Å². The van der Waals surface area contributed by atoms with Crippen LogP contribution < -0.4 is 14.7 Å².